The van der Waals surface area contributed by atoms with Crippen LogP contribution in [-0.4, -0.2) is 34.7 Å². The van der Waals surface area contributed by atoms with Crippen molar-refractivity contribution in [2.75, 3.05) is 0 Å². The quantitative estimate of drug-likeness (QED) is 0.812. The fourth-order valence-electron chi connectivity index (χ4n) is 3.26. The number of halogens is 3. The highest BCUT2D eigenvalue weighted by Gasteiger charge is 2.45. The lowest BCUT2D eigenvalue weighted by molar-refractivity contribution is -0.137. The van der Waals surface area contributed by atoms with Gasteiger partial charge in [-0.3, -0.25) is 19.7 Å². The molecule has 1 saturated carbocycles. The highest BCUT2D eigenvalue weighted by Crippen LogP contribution is 2.35. The van der Waals surface area contributed by atoms with E-state index in [0.717, 1.165) is 12.1 Å². The van der Waals surface area contributed by atoms with Crippen molar-refractivity contribution < 1.29 is 32.0 Å². The van der Waals surface area contributed by atoms with Crippen molar-refractivity contribution in [1.82, 2.24) is 10.2 Å². The van der Waals surface area contributed by atoms with E-state index in [-0.39, 0.29) is 29.5 Å². The Morgan fingerprint density at radius 1 is 1.14 bits per heavy atom. The van der Waals surface area contributed by atoms with Crippen LogP contribution in [0.15, 0.2) is 40.8 Å². The minimum Gasteiger partial charge on any atom is -0.451 e. The van der Waals surface area contributed by atoms with Gasteiger partial charge in [-0.1, -0.05) is 12.1 Å². The van der Waals surface area contributed by atoms with Crippen LogP contribution in [0.3, 0.4) is 0 Å². The molecule has 4 rings (SSSR count). The summed E-state index contributed by atoms with van der Waals surface area (Å²) in [7, 11) is 0. The van der Waals surface area contributed by atoms with Crippen LogP contribution in [0.4, 0.5) is 13.2 Å². The fraction of sp³-hybridized carbons (Fsp3) is 0.316. The third-order valence-electron chi connectivity index (χ3n) is 4.75. The Morgan fingerprint density at radius 2 is 1.89 bits per heavy atom. The average molecular weight is 392 g/mol. The van der Waals surface area contributed by atoms with Gasteiger partial charge in [-0.05, 0) is 37.1 Å². The zero-order chi connectivity index (χ0) is 20.1. The Labute approximate surface area is 157 Å². The Morgan fingerprint density at radius 3 is 2.50 bits per heavy atom. The molecule has 2 aliphatic rings. The largest absolute Gasteiger partial charge is 0.451 e. The average Bonchev–Trinajstić information content (AvgIpc) is 3.23. The molecule has 1 aliphatic carbocycles. The SMILES string of the molecule is O=C1CC(N(C(=O)c2ccc(-c3cccc(C(F)(F)F)c3)o2)C2CC2)C(=O)N1. The fourth-order valence-corrected chi connectivity index (χ4v) is 3.26. The maximum absolute atomic E-state index is 12.9. The maximum Gasteiger partial charge on any atom is 0.416 e. The van der Waals surface area contributed by atoms with E-state index >= 15 is 0 Å². The van der Waals surface area contributed by atoms with Crippen molar-refractivity contribution in [3.63, 3.8) is 0 Å². The predicted octanol–water partition coefficient (Wildman–Crippen LogP) is 2.99. The number of nitrogens with zero attached hydrogens (tertiary/aromatic N) is 1. The van der Waals surface area contributed by atoms with Crippen molar-refractivity contribution >= 4 is 17.7 Å². The van der Waals surface area contributed by atoms with Gasteiger partial charge in [-0.2, -0.15) is 13.2 Å². The summed E-state index contributed by atoms with van der Waals surface area (Å²) in [5.74, 6) is -1.52. The molecule has 1 atom stereocenters. The van der Waals surface area contributed by atoms with E-state index in [2.05, 4.69) is 5.32 Å². The summed E-state index contributed by atoms with van der Waals surface area (Å²) >= 11 is 0. The first-order valence-electron chi connectivity index (χ1n) is 8.68. The molecule has 1 N–H and O–H groups in total. The lowest BCUT2D eigenvalue weighted by Crippen LogP contribution is -2.45. The molecular weight excluding hydrogens is 377 g/mol. The third-order valence-corrected chi connectivity index (χ3v) is 4.75. The molecule has 1 aromatic carbocycles. The van der Waals surface area contributed by atoms with Crippen LogP contribution < -0.4 is 5.32 Å². The first-order chi connectivity index (χ1) is 13.2. The van der Waals surface area contributed by atoms with Crippen molar-refractivity contribution in [3.05, 3.63) is 47.7 Å². The summed E-state index contributed by atoms with van der Waals surface area (Å²) in [6.07, 6.45) is -3.18. The zero-order valence-corrected chi connectivity index (χ0v) is 14.5. The van der Waals surface area contributed by atoms with Gasteiger partial charge in [-0.15, -0.1) is 0 Å². The Kier molecular flexibility index (Phi) is 4.24. The van der Waals surface area contributed by atoms with Crippen molar-refractivity contribution in [3.8, 4) is 11.3 Å². The van der Waals surface area contributed by atoms with Gasteiger partial charge < -0.3 is 9.32 Å². The molecule has 2 fully saturated rings. The molecule has 0 bridgehead atoms. The van der Waals surface area contributed by atoms with Gasteiger partial charge in [0.15, 0.2) is 5.76 Å². The summed E-state index contributed by atoms with van der Waals surface area (Å²) in [6.45, 7) is 0. The van der Waals surface area contributed by atoms with Crippen molar-refractivity contribution in [2.45, 2.75) is 37.5 Å². The van der Waals surface area contributed by atoms with E-state index in [0.29, 0.717) is 12.8 Å². The Balaban J connectivity index is 1.61. The number of alkyl halides is 3. The molecule has 0 spiro atoms. The molecule has 1 aromatic heterocycles. The molecule has 1 unspecified atom stereocenters. The molecule has 146 valence electrons. The number of imide groups is 1. The topological polar surface area (TPSA) is 79.6 Å². The van der Waals surface area contributed by atoms with E-state index in [1.807, 2.05) is 0 Å². The van der Waals surface area contributed by atoms with Gasteiger partial charge >= 0.3 is 6.18 Å². The van der Waals surface area contributed by atoms with Crippen LogP contribution in [0.25, 0.3) is 11.3 Å². The number of hydrogen-bond donors (Lipinski definition) is 1. The van der Waals surface area contributed by atoms with Crippen molar-refractivity contribution in [2.24, 2.45) is 0 Å². The molecule has 6 nitrogen and oxygen atoms in total. The maximum atomic E-state index is 12.9. The number of rotatable bonds is 4. The molecule has 2 heterocycles. The van der Waals surface area contributed by atoms with Crippen LogP contribution in [0, 0.1) is 0 Å². The molecular formula is C19H15F3N2O4. The minimum absolute atomic E-state index is 0.0912. The number of furan rings is 1. The third kappa shape index (κ3) is 3.39. The lowest BCUT2D eigenvalue weighted by Gasteiger charge is -2.25. The number of hydrogen-bond acceptors (Lipinski definition) is 4. The van der Waals surface area contributed by atoms with Crippen LogP contribution >= 0.6 is 0 Å². The van der Waals surface area contributed by atoms with Crippen LogP contribution in [0.1, 0.15) is 35.4 Å². The van der Waals surface area contributed by atoms with Gasteiger partial charge in [0, 0.05) is 11.6 Å². The Bertz CT molecular complexity index is 962. The second-order valence-electron chi connectivity index (χ2n) is 6.82. The van der Waals surface area contributed by atoms with Crippen LogP contribution in [0.2, 0.25) is 0 Å². The first kappa shape index (κ1) is 18.3. The summed E-state index contributed by atoms with van der Waals surface area (Å²) in [5, 5.41) is 2.18. The molecule has 0 radical (unpaired) electrons. The number of carbonyl (C=O) groups is 3. The highest BCUT2D eigenvalue weighted by molar-refractivity contribution is 6.08. The number of nitrogens with one attached hydrogen (secondary N) is 1. The lowest BCUT2D eigenvalue weighted by atomic mass is 10.1. The summed E-state index contributed by atoms with van der Waals surface area (Å²) in [6, 6.07) is 6.32. The highest BCUT2D eigenvalue weighted by atomic mass is 19.4. The standard InChI is InChI=1S/C19H15F3N2O4/c20-19(21,22)11-3-1-2-10(8-11)14-6-7-15(28-14)18(27)24(12-4-5-12)13-9-16(25)23-17(13)26/h1-3,6-8,12-13H,4-5,9H2,(H,23,25,26). The van der Waals surface area contributed by atoms with Gasteiger partial charge in [-0.25, -0.2) is 0 Å². The molecule has 28 heavy (non-hydrogen) atoms. The van der Waals surface area contributed by atoms with Crippen LogP contribution in [-0.2, 0) is 15.8 Å². The van der Waals surface area contributed by atoms with Gasteiger partial charge in [0.25, 0.3) is 5.91 Å². The van der Waals surface area contributed by atoms with Crippen LogP contribution in [0.5, 0.6) is 0 Å². The molecule has 1 aliphatic heterocycles. The van der Waals surface area contributed by atoms with E-state index in [4.69, 9.17) is 4.42 Å². The number of carbonyl (C=O) groups excluding carboxylic acids is 3. The van der Waals surface area contributed by atoms with Crippen molar-refractivity contribution in [1.29, 1.82) is 0 Å². The number of benzene rings is 1. The molecule has 3 amide bonds. The van der Waals surface area contributed by atoms with Gasteiger partial charge in [0.05, 0.1) is 12.0 Å². The van der Waals surface area contributed by atoms with Gasteiger partial charge in [0.1, 0.15) is 11.8 Å². The van der Waals surface area contributed by atoms with Gasteiger partial charge in [0.2, 0.25) is 11.8 Å². The number of amides is 3. The Hall–Kier alpha value is -3.10. The summed E-state index contributed by atoms with van der Waals surface area (Å²) in [5.41, 5.74) is -0.643. The first-order valence-corrected chi connectivity index (χ1v) is 8.68. The second kappa shape index (κ2) is 6.50. The smallest absolute Gasteiger partial charge is 0.416 e. The van der Waals surface area contributed by atoms with E-state index in [1.165, 1.54) is 29.2 Å². The normalized spacial score (nSPS) is 19.6. The zero-order valence-electron chi connectivity index (χ0n) is 14.5. The molecule has 9 heteroatoms. The summed E-state index contributed by atoms with van der Waals surface area (Å²) < 4.78 is 44.2. The second-order valence-corrected chi connectivity index (χ2v) is 6.82. The van der Waals surface area contributed by atoms with E-state index < -0.39 is 35.5 Å². The monoisotopic (exact) mass is 392 g/mol. The van der Waals surface area contributed by atoms with E-state index in [1.54, 1.807) is 0 Å². The van der Waals surface area contributed by atoms with E-state index in [9.17, 15) is 27.6 Å². The summed E-state index contributed by atoms with van der Waals surface area (Å²) in [4.78, 5) is 37.7. The molecule has 1 saturated heterocycles. The minimum atomic E-state index is -4.49. The molecule has 2 aromatic rings. The predicted molar refractivity (Wildman–Crippen MR) is 89.9 cm³/mol.